The van der Waals surface area contributed by atoms with Crippen LogP contribution in [0, 0.1) is 11.6 Å². The molecule has 2 heterocycles. The van der Waals surface area contributed by atoms with Gasteiger partial charge in [-0.2, -0.15) is 0 Å². The van der Waals surface area contributed by atoms with Crippen LogP contribution in [-0.2, 0) is 11.3 Å². The minimum absolute atomic E-state index is 0.0757. The van der Waals surface area contributed by atoms with Gasteiger partial charge in [-0.05, 0) is 69.0 Å². The van der Waals surface area contributed by atoms with Gasteiger partial charge in [-0.3, -0.25) is 5.32 Å². The standard InChI is InChI=1S/C21H25BrF2N4O5S/c1-31-21(30)33-17-18(32-12-14-15(23)10-13(22)11-16(14)24)27-34-19(17)26-20(29)25-6-2-3-7-28-8-4-5-9-28/h10-11H,2-9,12H2,1H3,(H2,25,26,29). The minimum atomic E-state index is -1.07. The number of halogens is 3. The molecule has 0 saturated carbocycles. The Morgan fingerprint density at radius 3 is 2.59 bits per heavy atom. The van der Waals surface area contributed by atoms with Crippen LogP contribution in [0.2, 0.25) is 0 Å². The molecule has 0 radical (unpaired) electrons. The molecule has 1 aromatic carbocycles. The van der Waals surface area contributed by atoms with Crippen molar-refractivity contribution < 1.29 is 32.6 Å². The van der Waals surface area contributed by atoms with Crippen LogP contribution in [0.3, 0.4) is 0 Å². The number of hydrogen-bond donors (Lipinski definition) is 2. The summed E-state index contributed by atoms with van der Waals surface area (Å²) in [4.78, 5) is 26.3. The van der Waals surface area contributed by atoms with Crippen LogP contribution >= 0.6 is 27.5 Å². The Morgan fingerprint density at radius 1 is 1.21 bits per heavy atom. The van der Waals surface area contributed by atoms with Crippen LogP contribution in [0.5, 0.6) is 11.6 Å². The Kier molecular flexibility index (Phi) is 9.84. The Morgan fingerprint density at radius 2 is 1.91 bits per heavy atom. The molecule has 3 rings (SSSR count). The second-order valence-electron chi connectivity index (χ2n) is 7.48. The number of nitrogens with one attached hydrogen (secondary N) is 2. The van der Waals surface area contributed by atoms with E-state index in [2.05, 4.69) is 40.6 Å². The van der Waals surface area contributed by atoms with Gasteiger partial charge in [-0.1, -0.05) is 15.9 Å². The van der Waals surface area contributed by atoms with E-state index in [1.807, 2.05) is 0 Å². The van der Waals surface area contributed by atoms with E-state index in [9.17, 15) is 18.4 Å². The lowest BCUT2D eigenvalue weighted by Crippen LogP contribution is -2.30. The number of methoxy groups -OCH3 is 1. The van der Waals surface area contributed by atoms with Gasteiger partial charge in [0.25, 0.3) is 5.88 Å². The highest BCUT2D eigenvalue weighted by molar-refractivity contribution is 9.10. The number of likely N-dealkylation sites (tertiary alicyclic amines) is 1. The van der Waals surface area contributed by atoms with Crippen LogP contribution in [0.15, 0.2) is 16.6 Å². The first-order valence-corrected chi connectivity index (χ1v) is 12.2. The molecule has 1 aliphatic rings. The number of benzene rings is 1. The van der Waals surface area contributed by atoms with Crippen molar-refractivity contribution >= 4 is 44.6 Å². The minimum Gasteiger partial charge on any atom is -0.469 e. The third-order valence-electron chi connectivity index (χ3n) is 5.04. The van der Waals surface area contributed by atoms with Gasteiger partial charge in [0.2, 0.25) is 5.75 Å². The summed E-state index contributed by atoms with van der Waals surface area (Å²) in [5, 5.41) is 5.36. The van der Waals surface area contributed by atoms with Crippen LogP contribution in [-0.4, -0.2) is 54.7 Å². The summed E-state index contributed by atoms with van der Waals surface area (Å²) in [5.41, 5.74) is -0.332. The normalized spacial score (nSPS) is 13.5. The van der Waals surface area contributed by atoms with Crippen LogP contribution < -0.4 is 20.1 Å². The molecule has 1 aliphatic heterocycles. The number of carbonyl (C=O) groups is 2. The number of carbonyl (C=O) groups excluding carboxylic acids is 2. The fraction of sp³-hybridized carbons (Fsp3) is 0.476. The predicted molar refractivity (Wildman–Crippen MR) is 125 cm³/mol. The molecule has 1 aromatic heterocycles. The molecule has 13 heteroatoms. The quantitative estimate of drug-likeness (QED) is 0.313. The van der Waals surface area contributed by atoms with Gasteiger partial charge in [0.15, 0.2) is 5.00 Å². The van der Waals surface area contributed by atoms with Gasteiger partial charge in [0, 0.05) is 11.0 Å². The Hall–Kier alpha value is -2.51. The van der Waals surface area contributed by atoms with Crippen molar-refractivity contribution in [1.29, 1.82) is 0 Å². The highest BCUT2D eigenvalue weighted by Gasteiger charge is 2.23. The Bertz CT molecular complexity index is 981. The van der Waals surface area contributed by atoms with E-state index in [4.69, 9.17) is 9.47 Å². The summed E-state index contributed by atoms with van der Waals surface area (Å²) in [6, 6.07) is 1.67. The molecule has 0 aliphatic carbocycles. The molecule has 0 unspecified atom stereocenters. The van der Waals surface area contributed by atoms with E-state index < -0.39 is 30.4 Å². The van der Waals surface area contributed by atoms with Crippen LogP contribution in [0.25, 0.3) is 0 Å². The van der Waals surface area contributed by atoms with E-state index >= 15 is 0 Å². The number of aromatic nitrogens is 1. The molecule has 2 aromatic rings. The molecule has 1 saturated heterocycles. The molecule has 2 amide bonds. The van der Waals surface area contributed by atoms with Crippen LogP contribution in [0.4, 0.5) is 23.4 Å². The van der Waals surface area contributed by atoms with Crippen molar-refractivity contribution in [2.24, 2.45) is 0 Å². The maximum Gasteiger partial charge on any atom is 0.513 e. The fourth-order valence-electron chi connectivity index (χ4n) is 3.32. The number of urea groups is 1. The molecule has 9 nitrogen and oxygen atoms in total. The molecule has 34 heavy (non-hydrogen) atoms. The molecule has 0 bridgehead atoms. The second kappa shape index (κ2) is 12.8. The molecule has 186 valence electrons. The number of anilines is 1. The first-order chi connectivity index (χ1) is 16.4. The lowest BCUT2D eigenvalue weighted by atomic mass is 10.2. The van der Waals surface area contributed by atoms with Gasteiger partial charge in [0.1, 0.15) is 18.2 Å². The largest absolute Gasteiger partial charge is 0.513 e. The van der Waals surface area contributed by atoms with Crippen molar-refractivity contribution in [2.75, 3.05) is 38.6 Å². The van der Waals surface area contributed by atoms with Crippen molar-refractivity contribution in [3.63, 3.8) is 0 Å². The third kappa shape index (κ3) is 7.50. The highest BCUT2D eigenvalue weighted by Crippen LogP contribution is 2.39. The van der Waals surface area contributed by atoms with E-state index in [-0.39, 0.29) is 26.7 Å². The van der Waals surface area contributed by atoms with Crippen molar-refractivity contribution in [3.05, 3.63) is 33.8 Å². The van der Waals surface area contributed by atoms with Crippen molar-refractivity contribution in [2.45, 2.75) is 32.3 Å². The van der Waals surface area contributed by atoms with E-state index in [1.165, 1.54) is 12.8 Å². The molecule has 1 fully saturated rings. The number of hydrogen-bond acceptors (Lipinski definition) is 8. The molecule has 0 spiro atoms. The number of amides is 2. The van der Waals surface area contributed by atoms with Crippen molar-refractivity contribution in [3.8, 4) is 11.6 Å². The van der Waals surface area contributed by atoms with Gasteiger partial charge >= 0.3 is 12.2 Å². The summed E-state index contributed by atoms with van der Waals surface area (Å²) in [6.45, 7) is 3.23. The average Bonchev–Trinajstić information content (AvgIpc) is 3.43. The van der Waals surface area contributed by atoms with Crippen LogP contribution in [0.1, 0.15) is 31.2 Å². The maximum atomic E-state index is 14.1. The summed E-state index contributed by atoms with van der Waals surface area (Å²) in [5.74, 6) is -2.09. The summed E-state index contributed by atoms with van der Waals surface area (Å²) in [6.07, 6.45) is 3.20. The van der Waals surface area contributed by atoms with Gasteiger partial charge < -0.3 is 24.4 Å². The van der Waals surface area contributed by atoms with E-state index in [0.717, 1.165) is 63.3 Å². The SMILES string of the molecule is COC(=O)Oc1c(OCc2c(F)cc(Br)cc2F)nsc1NC(=O)NCCCCN1CCCC1. The predicted octanol–water partition coefficient (Wildman–Crippen LogP) is 4.91. The fourth-order valence-corrected chi connectivity index (χ4v) is 4.38. The molecular formula is C21H25BrF2N4O5S. The monoisotopic (exact) mass is 562 g/mol. The zero-order chi connectivity index (χ0) is 24.5. The third-order valence-corrected chi connectivity index (χ3v) is 6.23. The van der Waals surface area contributed by atoms with E-state index in [0.29, 0.717) is 6.54 Å². The first kappa shape index (κ1) is 26.1. The lowest BCUT2D eigenvalue weighted by molar-refractivity contribution is 0.119. The smallest absolute Gasteiger partial charge is 0.469 e. The summed E-state index contributed by atoms with van der Waals surface area (Å²) < 4.78 is 47.3. The zero-order valence-electron chi connectivity index (χ0n) is 18.5. The van der Waals surface area contributed by atoms with Gasteiger partial charge in [0.05, 0.1) is 12.7 Å². The number of rotatable bonds is 10. The molecular weight excluding hydrogens is 538 g/mol. The van der Waals surface area contributed by atoms with Gasteiger partial charge in [-0.15, -0.1) is 4.37 Å². The Labute approximate surface area is 208 Å². The average molecular weight is 563 g/mol. The van der Waals surface area contributed by atoms with Gasteiger partial charge in [-0.25, -0.2) is 18.4 Å². The lowest BCUT2D eigenvalue weighted by Gasteiger charge is -2.14. The van der Waals surface area contributed by atoms with E-state index in [1.54, 1.807) is 0 Å². The number of unbranched alkanes of at least 4 members (excludes halogenated alkanes) is 1. The van der Waals surface area contributed by atoms with Crippen molar-refractivity contribution in [1.82, 2.24) is 14.6 Å². The Balaban J connectivity index is 1.57. The molecule has 2 N–H and O–H groups in total. The molecule has 0 atom stereocenters. The highest BCUT2D eigenvalue weighted by atomic mass is 79.9. The number of ether oxygens (including phenoxy) is 3. The zero-order valence-corrected chi connectivity index (χ0v) is 20.9. The number of nitrogens with zero attached hydrogens (tertiary/aromatic N) is 2. The summed E-state index contributed by atoms with van der Waals surface area (Å²) in [7, 11) is 1.11. The maximum absolute atomic E-state index is 14.1. The topological polar surface area (TPSA) is 102 Å². The second-order valence-corrected chi connectivity index (χ2v) is 9.16. The summed E-state index contributed by atoms with van der Waals surface area (Å²) >= 11 is 3.79. The first-order valence-electron chi connectivity index (χ1n) is 10.7.